The summed E-state index contributed by atoms with van der Waals surface area (Å²) in [6, 6.07) is 7.40. The zero-order valence-electron chi connectivity index (χ0n) is 13.7. The molecule has 0 N–H and O–H groups in total. The van der Waals surface area contributed by atoms with E-state index in [9.17, 15) is 9.18 Å². The molecule has 1 aromatic carbocycles. The number of benzene rings is 1. The number of anilines is 2. The van der Waals surface area contributed by atoms with Crippen LogP contribution < -0.4 is 4.90 Å². The molecule has 0 saturated heterocycles. The van der Waals surface area contributed by atoms with Gasteiger partial charge < -0.3 is 9.15 Å². The molecule has 0 unspecified atom stereocenters. The van der Waals surface area contributed by atoms with Crippen LogP contribution in [0, 0.1) is 5.82 Å². The van der Waals surface area contributed by atoms with Gasteiger partial charge in [0.1, 0.15) is 10.8 Å². The number of esters is 1. The summed E-state index contributed by atoms with van der Waals surface area (Å²) >= 11 is 12.1. The van der Waals surface area contributed by atoms with Crippen LogP contribution in [-0.2, 0) is 4.74 Å². The van der Waals surface area contributed by atoms with Gasteiger partial charge in [-0.15, -0.1) is 0 Å². The smallest absolute Gasteiger partial charge is 0.358 e. The first kappa shape index (κ1) is 18.2. The SMILES string of the molecule is COC(=O)c1nc(-c2ccc(Cl)cc2F)nc(N(C)c2ccco2)c1Cl. The molecule has 3 aromatic rings. The van der Waals surface area contributed by atoms with E-state index in [0.717, 1.165) is 6.07 Å². The maximum absolute atomic E-state index is 14.3. The predicted molar refractivity (Wildman–Crippen MR) is 95.6 cm³/mol. The molecule has 0 saturated carbocycles. The highest BCUT2D eigenvalue weighted by Gasteiger charge is 2.24. The van der Waals surface area contributed by atoms with Gasteiger partial charge in [0.15, 0.2) is 17.3 Å². The lowest BCUT2D eigenvalue weighted by atomic mass is 10.2. The van der Waals surface area contributed by atoms with E-state index in [0.29, 0.717) is 5.88 Å². The second kappa shape index (κ2) is 7.31. The van der Waals surface area contributed by atoms with E-state index in [2.05, 4.69) is 9.97 Å². The second-order valence-corrected chi connectivity index (χ2v) is 5.97. The highest BCUT2D eigenvalue weighted by Crippen LogP contribution is 2.34. The Hall–Kier alpha value is -2.64. The van der Waals surface area contributed by atoms with E-state index in [1.807, 2.05) is 0 Å². The Kier molecular flexibility index (Phi) is 5.11. The number of hydrogen-bond acceptors (Lipinski definition) is 6. The van der Waals surface area contributed by atoms with Gasteiger partial charge in [0.05, 0.1) is 18.9 Å². The van der Waals surface area contributed by atoms with Crippen LogP contribution in [0.3, 0.4) is 0 Å². The molecule has 3 rings (SSSR count). The number of furan rings is 1. The van der Waals surface area contributed by atoms with Crippen molar-refractivity contribution < 1.29 is 18.3 Å². The van der Waals surface area contributed by atoms with Crippen molar-refractivity contribution in [1.82, 2.24) is 9.97 Å². The van der Waals surface area contributed by atoms with Crippen LogP contribution in [0.5, 0.6) is 0 Å². The fourth-order valence-electron chi connectivity index (χ4n) is 2.25. The largest absolute Gasteiger partial charge is 0.464 e. The molecule has 0 aliphatic heterocycles. The first-order valence-electron chi connectivity index (χ1n) is 7.31. The minimum atomic E-state index is -0.776. The monoisotopic (exact) mass is 395 g/mol. The molecule has 0 aliphatic carbocycles. The van der Waals surface area contributed by atoms with Crippen molar-refractivity contribution in [3.8, 4) is 11.4 Å². The van der Waals surface area contributed by atoms with E-state index in [1.54, 1.807) is 19.2 Å². The lowest BCUT2D eigenvalue weighted by molar-refractivity contribution is 0.0594. The van der Waals surface area contributed by atoms with Gasteiger partial charge >= 0.3 is 5.97 Å². The molecule has 0 spiro atoms. The van der Waals surface area contributed by atoms with E-state index < -0.39 is 11.8 Å². The van der Waals surface area contributed by atoms with Crippen molar-refractivity contribution in [2.75, 3.05) is 19.1 Å². The summed E-state index contributed by atoms with van der Waals surface area (Å²) in [7, 11) is 2.83. The van der Waals surface area contributed by atoms with Crippen molar-refractivity contribution >= 4 is 40.9 Å². The molecule has 26 heavy (non-hydrogen) atoms. The summed E-state index contributed by atoms with van der Waals surface area (Å²) in [5, 5.41) is 0.176. The number of rotatable bonds is 4. The van der Waals surface area contributed by atoms with Gasteiger partial charge in [0, 0.05) is 18.1 Å². The number of aromatic nitrogens is 2. The van der Waals surface area contributed by atoms with Gasteiger partial charge in [0.2, 0.25) is 5.88 Å². The Morgan fingerprint density at radius 1 is 1.27 bits per heavy atom. The molecule has 2 aromatic heterocycles. The summed E-state index contributed by atoms with van der Waals surface area (Å²) < 4.78 is 24.3. The minimum Gasteiger partial charge on any atom is -0.464 e. The van der Waals surface area contributed by atoms with Gasteiger partial charge in [-0.1, -0.05) is 23.2 Å². The molecule has 134 valence electrons. The fourth-order valence-corrected chi connectivity index (χ4v) is 2.69. The Balaban J connectivity index is 2.22. The predicted octanol–water partition coefficient (Wildman–Crippen LogP) is 4.74. The number of methoxy groups -OCH3 is 1. The van der Waals surface area contributed by atoms with Crippen molar-refractivity contribution in [3.05, 3.63) is 58.2 Å². The number of carbonyl (C=O) groups is 1. The molecule has 0 amide bonds. The second-order valence-electron chi connectivity index (χ2n) is 5.16. The molecule has 9 heteroatoms. The Labute approximate surface area is 158 Å². The number of halogens is 3. The Morgan fingerprint density at radius 3 is 2.65 bits per heavy atom. The van der Waals surface area contributed by atoms with Gasteiger partial charge in [-0.2, -0.15) is 0 Å². The number of hydrogen-bond donors (Lipinski definition) is 0. The molecule has 0 radical (unpaired) electrons. The van der Waals surface area contributed by atoms with Gasteiger partial charge in [-0.05, 0) is 24.3 Å². The standard InChI is InChI=1S/C17H12Cl2FN3O3/c1-23(12-4-3-7-26-12)16-13(19)14(17(24)25-2)21-15(22-16)10-6-5-9(18)8-11(10)20/h3-8H,1-2H3. The highest BCUT2D eigenvalue weighted by atomic mass is 35.5. The zero-order valence-corrected chi connectivity index (χ0v) is 15.2. The summed E-state index contributed by atoms with van der Waals surface area (Å²) in [5.74, 6) is -0.882. The van der Waals surface area contributed by atoms with Crippen LogP contribution in [-0.4, -0.2) is 30.1 Å². The van der Waals surface area contributed by atoms with Crippen LogP contribution in [0.4, 0.5) is 16.1 Å². The van der Waals surface area contributed by atoms with E-state index in [-0.39, 0.29) is 32.9 Å². The third-order valence-electron chi connectivity index (χ3n) is 3.54. The first-order valence-corrected chi connectivity index (χ1v) is 8.06. The number of ether oxygens (including phenoxy) is 1. The van der Waals surface area contributed by atoms with Gasteiger partial charge in [-0.3, -0.25) is 4.90 Å². The number of nitrogens with zero attached hydrogens (tertiary/aromatic N) is 3. The summed E-state index contributed by atoms with van der Waals surface area (Å²) in [6.45, 7) is 0. The summed E-state index contributed by atoms with van der Waals surface area (Å²) in [4.78, 5) is 21.9. The van der Waals surface area contributed by atoms with Gasteiger partial charge in [-0.25, -0.2) is 19.2 Å². The van der Waals surface area contributed by atoms with Crippen molar-refractivity contribution in [2.24, 2.45) is 0 Å². The van der Waals surface area contributed by atoms with Crippen LogP contribution in [0.2, 0.25) is 10.0 Å². The molecule has 0 bridgehead atoms. The Bertz CT molecular complexity index is 964. The molecular weight excluding hydrogens is 384 g/mol. The maximum atomic E-state index is 14.3. The van der Waals surface area contributed by atoms with Crippen LogP contribution in [0.25, 0.3) is 11.4 Å². The summed E-state index contributed by atoms with van der Waals surface area (Å²) in [6.07, 6.45) is 1.47. The molecule has 0 aliphatic rings. The van der Waals surface area contributed by atoms with Crippen molar-refractivity contribution in [3.63, 3.8) is 0 Å². The molecule has 0 atom stereocenters. The van der Waals surface area contributed by atoms with E-state index in [4.69, 9.17) is 32.4 Å². The number of carbonyl (C=O) groups excluding carboxylic acids is 1. The van der Waals surface area contributed by atoms with Crippen LogP contribution in [0.15, 0.2) is 41.0 Å². The van der Waals surface area contributed by atoms with Crippen LogP contribution in [0.1, 0.15) is 10.5 Å². The maximum Gasteiger partial charge on any atom is 0.358 e. The third-order valence-corrected chi connectivity index (χ3v) is 4.12. The average molecular weight is 396 g/mol. The Morgan fingerprint density at radius 2 is 2.04 bits per heavy atom. The highest BCUT2D eigenvalue weighted by molar-refractivity contribution is 6.35. The first-order chi connectivity index (χ1) is 12.4. The van der Waals surface area contributed by atoms with Gasteiger partial charge in [0.25, 0.3) is 0 Å². The zero-order chi connectivity index (χ0) is 18.8. The average Bonchev–Trinajstić information content (AvgIpc) is 3.15. The van der Waals surface area contributed by atoms with Crippen LogP contribution >= 0.6 is 23.2 Å². The molecule has 0 fully saturated rings. The minimum absolute atomic E-state index is 0.0441. The fraction of sp³-hybridized carbons (Fsp3) is 0.118. The lowest BCUT2D eigenvalue weighted by Gasteiger charge is -2.18. The van der Waals surface area contributed by atoms with Crippen molar-refractivity contribution in [2.45, 2.75) is 0 Å². The normalized spacial score (nSPS) is 10.7. The third kappa shape index (κ3) is 3.36. The molecule has 6 nitrogen and oxygen atoms in total. The quantitative estimate of drug-likeness (QED) is 0.594. The molecular formula is C17H12Cl2FN3O3. The lowest BCUT2D eigenvalue weighted by Crippen LogP contribution is -2.16. The molecule has 2 heterocycles. The van der Waals surface area contributed by atoms with E-state index in [1.165, 1.54) is 30.4 Å². The summed E-state index contributed by atoms with van der Waals surface area (Å²) in [5.41, 5.74) is -0.132. The van der Waals surface area contributed by atoms with Crippen molar-refractivity contribution in [1.29, 1.82) is 0 Å². The van der Waals surface area contributed by atoms with E-state index >= 15 is 0 Å². The topological polar surface area (TPSA) is 68.5 Å².